The topological polar surface area (TPSA) is 79.0 Å². The fourth-order valence-electron chi connectivity index (χ4n) is 2.95. The summed E-state index contributed by atoms with van der Waals surface area (Å²) in [6, 6.07) is 7.45. The first-order valence-corrected chi connectivity index (χ1v) is 7.11. The van der Waals surface area contributed by atoms with E-state index in [2.05, 4.69) is 5.32 Å². The Morgan fingerprint density at radius 1 is 1.45 bits per heavy atom. The van der Waals surface area contributed by atoms with Gasteiger partial charge in [0.05, 0.1) is 19.3 Å². The van der Waals surface area contributed by atoms with E-state index in [0.717, 1.165) is 17.7 Å². The van der Waals surface area contributed by atoms with E-state index in [1.54, 1.807) is 4.90 Å². The Hall–Kier alpha value is -2.57. The number of anilines is 1. The van der Waals surface area contributed by atoms with E-state index in [4.69, 9.17) is 4.74 Å². The monoisotopic (exact) mass is 303 g/mol. The maximum Gasteiger partial charge on any atom is 0.411 e. The van der Waals surface area contributed by atoms with E-state index in [1.807, 2.05) is 24.3 Å². The average Bonchev–Trinajstić information content (AvgIpc) is 3.05. The number of nitrogens with zero attached hydrogens (tertiary/aromatic N) is 2. The molecule has 2 unspecified atom stereocenters. The first-order chi connectivity index (χ1) is 10.6. The number of fused-ring (bicyclic) bond motifs is 1. The van der Waals surface area contributed by atoms with Gasteiger partial charge in [-0.2, -0.15) is 0 Å². The summed E-state index contributed by atoms with van der Waals surface area (Å²) in [5.41, 5.74) is 1.93. The summed E-state index contributed by atoms with van der Waals surface area (Å²) in [6.45, 7) is 1.86. The van der Waals surface area contributed by atoms with Crippen molar-refractivity contribution in [3.8, 4) is 0 Å². The minimum atomic E-state index is -0.472. The van der Waals surface area contributed by atoms with Gasteiger partial charge in [-0.15, -0.1) is 0 Å². The quantitative estimate of drug-likeness (QED) is 0.821. The van der Waals surface area contributed by atoms with Crippen LogP contribution in [0.5, 0.6) is 0 Å². The van der Waals surface area contributed by atoms with E-state index in [1.165, 1.54) is 11.8 Å². The lowest BCUT2D eigenvalue weighted by Gasteiger charge is -2.24. The van der Waals surface area contributed by atoms with Crippen LogP contribution in [0.1, 0.15) is 12.5 Å². The maximum atomic E-state index is 11.9. The Kier molecular flexibility index (Phi) is 3.70. The molecule has 3 rings (SSSR count). The fraction of sp³-hybridized carbons (Fsp3) is 0.400. The van der Waals surface area contributed by atoms with E-state index in [0.29, 0.717) is 13.0 Å². The second-order valence-electron chi connectivity index (χ2n) is 5.45. The lowest BCUT2D eigenvalue weighted by Crippen LogP contribution is -2.44. The van der Waals surface area contributed by atoms with Gasteiger partial charge in [-0.25, -0.2) is 4.79 Å². The predicted molar refractivity (Wildman–Crippen MR) is 78.1 cm³/mol. The maximum absolute atomic E-state index is 11.9. The summed E-state index contributed by atoms with van der Waals surface area (Å²) in [5.74, 6) is -0.209. The van der Waals surface area contributed by atoms with Crippen molar-refractivity contribution in [2.24, 2.45) is 0 Å². The molecule has 116 valence electrons. The summed E-state index contributed by atoms with van der Waals surface area (Å²) < 4.78 is 5.39. The van der Waals surface area contributed by atoms with Crippen LogP contribution in [-0.2, 0) is 20.7 Å². The zero-order valence-corrected chi connectivity index (χ0v) is 12.2. The number of para-hydroxylation sites is 1. The zero-order valence-electron chi connectivity index (χ0n) is 12.2. The largest absolute Gasteiger partial charge is 0.442 e. The van der Waals surface area contributed by atoms with Crippen LogP contribution in [0, 0.1) is 0 Å². The van der Waals surface area contributed by atoms with Gasteiger partial charge in [0.2, 0.25) is 12.3 Å². The van der Waals surface area contributed by atoms with Gasteiger partial charge >= 0.3 is 6.09 Å². The van der Waals surface area contributed by atoms with Crippen molar-refractivity contribution < 1.29 is 19.1 Å². The lowest BCUT2D eigenvalue weighted by molar-refractivity contribution is -0.119. The first kappa shape index (κ1) is 14.4. The molecule has 2 heterocycles. The van der Waals surface area contributed by atoms with Gasteiger partial charge in [0.1, 0.15) is 6.10 Å². The Morgan fingerprint density at radius 3 is 2.95 bits per heavy atom. The SMILES string of the molecule is CC(=O)NCN1CC(C2Cc3ccccc3N2C=O)OC1=O. The molecule has 1 N–H and O–H groups in total. The summed E-state index contributed by atoms with van der Waals surface area (Å²) >= 11 is 0. The third kappa shape index (κ3) is 2.49. The number of nitrogens with one attached hydrogen (secondary N) is 1. The lowest BCUT2D eigenvalue weighted by atomic mass is 10.1. The highest BCUT2D eigenvalue weighted by Gasteiger charge is 2.42. The third-order valence-corrected chi connectivity index (χ3v) is 4.03. The third-order valence-electron chi connectivity index (χ3n) is 4.03. The number of rotatable bonds is 4. The molecule has 2 aliphatic rings. The number of carbonyl (C=O) groups excluding carboxylic acids is 3. The van der Waals surface area contributed by atoms with Crippen molar-refractivity contribution in [2.45, 2.75) is 25.5 Å². The molecular formula is C15H17N3O4. The second kappa shape index (κ2) is 5.67. The van der Waals surface area contributed by atoms with Crippen molar-refractivity contribution in [2.75, 3.05) is 18.1 Å². The first-order valence-electron chi connectivity index (χ1n) is 7.11. The molecule has 1 aromatic rings. The van der Waals surface area contributed by atoms with Crippen LogP contribution in [0.25, 0.3) is 0 Å². The molecule has 7 nitrogen and oxygen atoms in total. The molecule has 3 amide bonds. The van der Waals surface area contributed by atoms with E-state index in [-0.39, 0.29) is 18.6 Å². The standard InChI is InChI=1S/C15H17N3O4/c1-10(20)16-8-17-7-14(22-15(17)21)13-6-11-4-2-3-5-12(11)18(13)9-19/h2-5,9,13-14H,6-8H2,1H3,(H,16,20). The Balaban J connectivity index is 1.72. The normalized spacial score (nSPS) is 23.2. The Bertz CT molecular complexity index is 619. The molecule has 1 saturated heterocycles. The van der Waals surface area contributed by atoms with Gasteiger partial charge < -0.3 is 15.0 Å². The smallest absolute Gasteiger partial charge is 0.411 e. The van der Waals surface area contributed by atoms with Crippen LogP contribution >= 0.6 is 0 Å². The number of carbonyl (C=O) groups is 3. The highest BCUT2D eigenvalue weighted by atomic mass is 16.6. The van der Waals surface area contributed by atoms with Crippen LogP contribution in [0.2, 0.25) is 0 Å². The summed E-state index contributed by atoms with van der Waals surface area (Å²) in [6.07, 6.45) is 0.557. The minimum Gasteiger partial charge on any atom is -0.442 e. The molecule has 1 aromatic carbocycles. The molecule has 7 heteroatoms. The molecule has 0 aromatic heterocycles. The van der Waals surface area contributed by atoms with Crippen LogP contribution in [0.3, 0.4) is 0 Å². The molecular weight excluding hydrogens is 286 g/mol. The molecule has 22 heavy (non-hydrogen) atoms. The Morgan fingerprint density at radius 2 is 2.23 bits per heavy atom. The van der Waals surface area contributed by atoms with Gasteiger partial charge in [-0.05, 0) is 18.1 Å². The molecule has 2 atom stereocenters. The van der Waals surface area contributed by atoms with Crippen LogP contribution in [-0.4, -0.2) is 48.7 Å². The van der Waals surface area contributed by atoms with Crippen LogP contribution < -0.4 is 10.2 Å². The average molecular weight is 303 g/mol. The molecule has 0 saturated carbocycles. The summed E-state index contributed by atoms with van der Waals surface area (Å²) in [4.78, 5) is 37.3. The van der Waals surface area contributed by atoms with Crippen LogP contribution in [0.15, 0.2) is 24.3 Å². The van der Waals surface area contributed by atoms with Crippen molar-refractivity contribution in [3.63, 3.8) is 0 Å². The van der Waals surface area contributed by atoms with Gasteiger partial charge in [-0.3, -0.25) is 14.5 Å². The highest BCUT2D eigenvalue weighted by Crippen LogP contribution is 2.34. The molecule has 0 bridgehead atoms. The molecule has 0 radical (unpaired) electrons. The van der Waals surface area contributed by atoms with Crippen molar-refractivity contribution in [1.82, 2.24) is 10.2 Å². The van der Waals surface area contributed by atoms with Gasteiger partial charge in [-0.1, -0.05) is 18.2 Å². The number of hydrogen-bond donors (Lipinski definition) is 1. The highest BCUT2D eigenvalue weighted by molar-refractivity contribution is 5.81. The van der Waals surface area contributed by atoms with Gasteiger partial charge in [0.25, 0.3) is 0 Å². The number of cyclic esters (lactones) is 1. The zero-order chi connectivity index (χ0) is 15.7. The molecule has 0 aliphatic carbocycles. The minimum absolute atomic E-state index is 0.116. The second-order valence-corrected chi connectivity index (χ2v) is 5.45. The summed E-state index contributed by atoms with van der Waals surface area (Å²) in [5, 5.41) is 2.57. The Labute approximate surface area is 127 Å². The number of amides is 3. The van der Waals surface area contributed by atoms with Gasteiger partial charge in [0.15, 0.2) is 0 Å². The fourth-order valence-corrected chi connectivity index (χ4v) is 2.95. The number of benzene rings is 1. The van der Waals surface area contributed by atoms with E-state index < -0.39 is 12.2 Å². The molecule has 1 fully saturated rings. The van der Waals surface area contributed by atoms with Crippen LogP contribution in [0.4, 0.5) is 10.5 Å². The predicted octanol–water partition coefficient (Wildman–Crippen LogP) is 0.488. The van der Waals surface area contributed by atoms with E-state index >= 15 is 0 Å². The van der Waals surface area contributed by atoms with Crippen molar-refractivity contribution in [3.05, 3.63) is 29.8 Å². The van der Waals surface area contributed by atoms with Crippen molar-refractivity contribution in [1.29, 1.82) is 0 Å². The molecule has 2 aliphatic heterocycles. The number of hydrogen-bond acceptors (Lipinski definition) is 4. The molecule has 0 spiro atoms. The van der Waals surface area contributed by atoms with Crippen molar-refractivity contribution >= 4 is 24.1 Å². The van der Waals surface area contributed by atoms with Gasteiger partial charge in [0, 0.05) is 12.6 Å². The number of ether oxygens (including phenoxy) is 1. The summed E-state index contributed by atoms with van der Waals surface area (Å²) in [7, 11) is 0. The van der Waals surface area contributed by atoms with E-state index in [9.17, 15) is 14.4 Å².